The monoisotopic (exact) mass is 508 g/mol. The van der Waals surface area contributed by atoms with Gasteiger partial charge in [0.1, 0.15) is 18.0 Å². The van der Waals surface area contributed by atoms with Crippen molar-refractivity contribution in [3.05, 3.63) is 60.0 Å². The Hall–Kier alpha value is -4.15. The van der Waals surface area contributed by atoms with Crippen LogP contribution < -0.4 is 15.4 Å². The van der Waals surface area contributed by atoms with Crippen LogP contribution in [-0.4, -0.2) is 45.7 Å². The van der Waals surface area contributed by atoms with Crippen LogP contribution in [0.1, 0.15) is 50.2 Å². The normalized spacial score (nSPS) is 14.5. The second kappa shape index (κ2) is 10.1. The summed E-state index contributed by atoms with van der Waals surface area (Å²) in [5, 5.41) is 4.69. The number of halogens is 2. The van der Waals surface area contributed by atoms with Gasteiger partial charge in [-0.2, -0.15) is 4.98 Å². The Morgan fingerprint density at radius 2 is 1.97 bits per heavy atom. The van der Waals surface area contributed by atoms with E-state index in [4.69, 9.17) is 15.0 Å². The van der Waals surface area contributed by atoms with Gasteiger partial charge < -0.3 is 19.9 Å². The van der Waals surface area contributed by atoms with Crippen molar-refractivity contribution in [3.63, 3.8) is 0 Å². The van der Waals surface area contributed by atoms with Crippen molar-refractivity contribution in [2.24, 2.45) is 5.73 Å². The fourth-order valence-electron chi connectivity index (χ4n) is 4.52. The fraction of sp³-hybridized carbons (Fsp3) is 0.346. The molecule has 1 saturated heterocycles. The molecular weight excluding hydrogens is 482 g/mol. The quantitative estimate of drug-likeness (QED) is 0.392. The van der Waals surface area contributed by atoms with Gasteiger partial charge in [0.2, 0.25) is 5.89 Å². The van der Waals surface area contributed by atoms with Gasteiger partial charge in [0.15, 0.2) is 24.0 Å². The zero-order chi connectivity index (χ0) is 26.1. The standard InChI is InChI=1S/C26H26F2N6O3/c1-14(2)26-32-24(33-37-26)15-5-7-34(8-6-15)25-19-11-17(27)10-18(23(19)30-13-31-25)16-3-4-21(20(28)9-16)36-12-22(29)35/h3-4,9-11,13-15H,5-8,12H2,1-2H3,(H2,29,35). The average Bonchev–Trinajstić information content (AvgIpc) is 3.38. The van der Waals surface area contributed by atoms with Crippen molar-refractivity contribution in [2.75, 3.05) is 24.6 Å². The van der Waals surface area contributed by atoms with Crippen LogP contribution in [-0.2, 0) is 4.79 Å². The van der Waals surface area contributed by atoms with Crippen molar-refractivity contribution in [3.8, 4) is 16.9 Å². The van der Waals surface area contributed by atoms with Crippen molar-refractivity contribution in [2.45, 2.75) is 38.5 Å². The van der Waals surface area contributed by atoms with Crippen LogP contribution in [0, 0.1) is 11.6 Å². The molecule has 0 radical (unpaired) electrons. The first kappa shape index (κ1) is 24.5. The van der Waals surface area contributed by atoms with Gasteiger partial charge in [-0.05, 0) is 42.7 Å². The van der Waals surface area contributed by atoms with Gasteiger partial charge in [-0.3, -0.25) is 4.79 Å². The number of primary amides is 1. The van der Waals surface area contributed by atoms with Crippen LogP contribution in [0.25, 0.3) is 22.0 Å². The molecule has 37 heavy (non-hydrogen) atoms. The first-order valence-electron chi connectivity index (χ1n) is 12.0. The molecule has 11 heteroatoms. The first-order valence-corrected chi connectivity index (χ1v) is 12.0. The molecule has 1 aliphatic heterocycles. The molecule has 1 aliphatic rings. The molecule has 5 rings (SSSR count). The van der Waals surface area contributed by atoms with E-state index >= 15 is 0 Å². The van der Waals surface area contributed by atoms with Crippen LogP contribution in [0.4, 0.5) is 14.6 Å². The number of fused-ring (bicyclic) bond motifs is 1. The Labute approximate surface area is 211 Å². The number of piperidine rings is 1. The summed E-state index contributed by atoms with van der Waals surface area (Å²) in [6.45, 7) is 4.92. The van der Waals surface area contributed by atoms with Crippen molar-refractivity contribution < 1.29 is 22.8 Å². The molecule has 4 aromatic rings. The van der Waals surface area contributed by atoms with E-state index in [0.29, 0.717) is 46.8 Å². The van der Waals surface area contributed by atoms with Gasteiger partial charge in [0.05, 0.1) is 5.52 Å². The van der Waals surface area contributed by atoms with Crippen LogP contribution >= 0.6 is 0 Å². The van der Waals surface area contributed by atoms with Gasteiger partial charge in [-0.25, -0.2) is 18.7 Å². The van der Waals surface area contributed by atoms with Crippen LogP contribution in [0.2, 0.25) is 0 Å². The average molecular weight is 509 g/mol. The maximum Gasteiger partial charge on any atom is 0.255 e. The van der Waals surface area contributed by atoms with E-state index in [-0.39, 0.29) is 17.6 Å². The summed E-state index contributed by atoms with van der Waals surface area (Å²) in [5.41, 5.74) is 6.39. The van der Waals surface area contributed by atoms with E-state index in [1.54, 1.807) is 6.07 Å². The highest BCUT2D eigenvalue weighted by Crippen LogP contribution is 2.36. The Kier molecular flexibility index (Phi) is 6.68. The number of amides is 1. The topological polar surface area (TPSA) is 120 Å². The molecule has 9 nitrogen and oxygen atoms in total. The van der Waals surface area contributed by atoms with E-state index in [1.165, 1.54) is 30.6 Å². The third kappa shape index (κ3) is 5.07. The smallest absolute Gasteiger partial charge is 0.255 e. The number of hydrogen-bond acceptors (Lipinski definition) is 8. The summed E-state index contributed by atoms with van der Waals surface area (Å²) in [5.74, 6) is 0.276. The van der Waals surface area contributed by atoms with Gasteiger partial charge in [-0.1, -0.05) is 25.1 Å². The molecule has 1 amide bonds. The summed E-state index contributed by atoms with van der Waals surface area (Å²) < 4.78 is 39.9. The predicted octanol–water partition coefficient (Wildman–Crippen LogP) is 4.33. The number of anilines is 1. The minimum atomic E-state index is -0.717. The maximum absolute atomic E-state index is 14.8. The number of rotatable bonds is 7. The molecule has 1 fully saturated rings. The number of nitrogens with zero attached hydrogens (tertiary/aromatic N) is 5. The van der Waals surface area contributed by atoms with E-state index in [0.717, 1.165) is 18.7 Å². The number of carbonyl (C=O) groups excluding carboxylic acids is 1. The number of ether oxygens (including phenoxy) is 1. The summed E-state index contributed by atoms with van der Waals surface area (Å²) in [6.07, 6.45) is 3.02. The molecule has 192 valence electrons. The predicted molar refractivity (Wildman–Crippen MR) is 132 cm³/mol. The molecule has 0 atom stereocenters. The van der Waals surface area contributed by atoms with Gasteiger partial charge in [-0.15, -0.1) is 0 Å². The number of aromatic nitrogens is 4. The van der Waals surface area contributed by atoms with Crippen molar-refractivity contribution in [1.82, 2.24) is 20.1 Å². The third-order valence-corrected chi connectivity index (χ3v) is 6.41. The molecule has 0 unspecified atom stereocenters. The van der Waals surface area contributed by atoms with E-state index < -0.39 is 24.1 Å². The highest BCUT2D eigenvalue weighted by atomic mass is 19.1. The number of nitrogens with two attached hydrogens (primary N) is 1. The zero-order valence-corrected chi connectivity index (χ0v) is 20.4. The summed E-state index contributed by atoms with van der Waals surface area (Å²) in [7, 11) is 0. The Morgan fingerprint density at radius 1 is 1.19 bits per heavy atom. The Bertz CT molecular complexity index is 1450. The Balaban J connectivity index is 1.42. The van der Waals surface area contributed by atoms with Crippen molar-refractivity contribution in [1.29, 1.82) is 0 Å². The molecule has 0 saturated carbocycles. The highest BCUT2D eigenvalue weighted by molar-refractivity contribution is 5.99. The zero-order valence-electron chi connectivity index (χ0n) is 20.4. The summed E-state index contributed by atoms with van der Waals surface area (Å²) in [4.78, 5) is 26.4. The lowest BCUT2D eigenvalue weighted by Crippen LogP contribution is -2.34. The van der Waals surface area contributed by atoms with Gasteiger partial charge in [0, 0.05) is 35.9 Å². The summed E-state index contributed by atoms with van der Waals surface area (Å²) >= 11 is 0. The van der Waals surface area contributed by atoms with Crippen molar-refractivity contribution >= 4 is 22.6 Å². The second-order valence-corrected chi connectivity index (χ2v) is 9.35. The number of benzene rings is 2. The minimum Gasteiger partial charge on any atom is -0.481 e. The van der Waals surface area contributed by atoms with E-state index in [9.17, 15) is 13.6 Å². The molecule has 2 aromatic heterocycles. The SMILES string of the molecule is CC(C)c1nc(C2CCN(c3ncnc4c(-c5ccc(OCC(N)=O)c(F)c5)cc(F)cc34)CC2)no1. The second-order valence-electron chi connectivity index (χ2n) is 9.35. The van der Waals surface area contributed by atoms with Crippen LogP contribution in [0.15, 0.2) is 41.2 Å². The summed E-state index contributed by atoms with van der Waals surface area (Å²) in [6, 6.07) is 6.88. The fourth-order valence-corrected chi connectivity index (χ4v) is 4.52. The molecule has 0 aliphatic carbocycles. The lowest BCUT2D eigenvalue weighted by Gasteiger charge is -2.32. The molecule has 0 spiro atoms. The van der Waals surface area contributed by atoms with Crippen LogP contribution in [0.5, 0.6) is 5.75 Å². The van der Waals surface area contributed by atoms with E-state index in [1.807, 2.05) is 13.8 Å². The van der Waals surface area contributed by atoms with Gasteiger partial charge in [0.25, 0.3) is 5.91 Å². The highest BCUT2D eigenvalue weighted by Gasteiger charge is 2.27. The Morgan fingerprint density at radius 3 is 2.65 bits per heavy atom. The van der Waals surface area contributed by atoms with E-state index in [2.05, 4.69) is 25.0 Å². The molecular formula is C26H26F2N6O3. The lowest BCUT2D eigenvalue weighted by molar-refractivity contribution is -0.120. The molecule has 0 bridgehead atoms. The lowest BCUT2D eigenvalue weighted by atomic mass is 9.95. The number of carbonyl (C=O) groups is 1. The van der Waals surface area contributed by atoms with Crippen LogP contribution in [0.3, 0.4) is 0 Å². The first-order chi connectivity index (χ1) is 17.8. The molecule has 2 aromatic carbocycles. The van der Waals surface area contributed by atoms with Gasteiger partial charge >= 0.3 is 0 Å². The largest absolute Gasteiger partial charge is 0.481 e. The minimum absolute atomic E-state index is 0.122. The maximum atomic E-state index is 14.8. The third-order valence-electron chi connectivity index (χ3n) is 6.41. The number of hydrogen-bond donors (Lipinski definition) is 1. The molecule has 2 N–H and O–H groups in total. The molecule has 3 heterocycles.